The molecular weight excluding hydrogens is 257 g/mol. The van der Waals surface area contributed by atoms with Crippen LogP contribution in [0.15, 0.2) is 22.7 Å². The first-order chi connectivity index (χ1) is 7.15. The van der Waals surface area contributed by atoms with Gasteiger partial charge >= 0.3 is 0 Å². The van der Waals surface area contributed by atoms with E-state index < -0.39 is 0 Å². The SMILES string of the molecule is CCCCCC(N)c1cc(F)ccc1Br. The van der Waals surface area contributed by atoms with Crippen LogP contribution in [0.25, 0.3) is 0 Å². The molecule has 0 saturated carbocycles. The summed E-state index contributed by atoms with van der Waals surface area (Å²) in [5.41, 5.74) is 6.88. The number of benzene rings is 1. The van der Waals surface area contributed by atoms with Crippen LogP contribution in [0.2, 0.25) is 0 Å². The van der Waals surface area contributed by atoms with Gasteiger partial charge in [0.05, 0.1) is 0 Å². The first-order valence-corrected chi connectivity index (χ1v) is 6.15. The minimum atomic E-state index is -0.223. The number of hydrogen-bond donors (Lipinski definition) is 1. The largest absolute Gasteiger partial charge is 0.324 e. The quantitative estimate of drug-likeness (QED) is 0.801. The van der Waals surface area contributed by atoms with Gasteiger partial charge in [-0.05, 0) is 30.2 Å². The van der Waals surface area contributed by atoms with E-state index in [0.29, 0.717) is 0 Å². The van der Waals surface area contributed by atoms with Gasteiger partial charge in [0.2, 0.25) is 0 Å². The number of hydrogen-bond acceptors (Lipinski definition) is 1. The van der Waals surface area contributed by atoms with Gasteiger partial charge < -0.3 is 5.73 Å². The summed E-state index contributed by atoms with van der Waals surface area (Å²) in [6.45, 7) is 2.16. The van der Waals surface area contributed by atoms with Crippen LogP contribution in [0.5, 0.6) is 0 Å². The molecule has 2 N–H and O–H groups in total. The van der Waals surface area contributed by atoms with E-state index in [1.807, 2.05) is 0 Å². The summed E-state index contributed by atoms with van der Waals surface area (Å²) in [6, 6.07) is 4.60. The van der Waals surface area contributed by atoms with Crippen molar-refractivity contribution in [3.8, 4) is 0 Å². The predicted molar refractivity (Wildman–Crippen MR) is 65.2 cm³/mol. The molecule has 0 aliphatic rings. The Morgan fingerprint density at radius 3 is 2.80 bits per heavy atom. The molecule has 0 saturated heterocycles. The molecular formula is C12H17BrFN. The second-order valence-electron chi connectivity index (χ2n) is 3.77. The Hall–Kier alpha value is -0.410. The summed E-state index contributed by atoms with van der Waals surface area (Å²) in [7, 11) is 0. The molecule has 1 aromatic rings. The molecule has 0 heterocycles. The van der Waals surface area contributed by atoms with Gasteiger partial charge in [-0.15, -0.1) is 0 Å². The van der Waals surface area contributed by atoms with E-state index in [0.717, 1.165) is 22.9 Å². The zero-order chi connectivity index (χ0) is 11.3. The van der Waals surface area contributed by atoms with E-state index in [-0.39, 0.29) is 11.9 Å². The first kappa shape index (κ1) is 12.7. The van der Waals surface area contributed by atoms with Crippen molar-refractivity contribution in [2.75, 3.05) is 0 Å². The number of rotatable bonds is 5. The highest BCUT2D eigenvalue weighted by atomic mass is 79.9. The van der Waals surface area contributed by atoms with E-state index in [1.165, 1.54) is 25.0 Å². The molecule has 0 radical (unpaired) electrons. The van der Waals surface area contributed by atoms with Gasteiger partial charge in [0, 0.05) is 10.5 Å². The molecule has 3 heteroatoms. The summed E-state index contributed by atoms with van der Waals surface area (Å²) in [6.07, 6.45) is 4.37. The predicted octanol–water partition coefficient (Wildman–Crippen LogP) is 4.17. The maximum Gasteiger partial charge on any atom is 0.123 e. The third-order valence-electron chi connectivity index (χ3n) is 2.48. The van der Waals surface area contributed by atoms with Gasteiger partial charge in [-0.3, -0.25) is 0 Å². The van der Waals surface area contributed by atoms with Crippen molar-refractivity contribution in [2.24, 2.45) is 5.73 Å². The van der Waals surface area contributed by atoms with Crippen molar-refractivity contribution in [3.05, 3.63) is 34.1 Å². The van der Waals surface area contributed by atoms with Crippen LogP contribution in [-0.4, -0.2) is 0 Å². The lowest BCUT2D eigenvalue weighted by Crippen LogP contribution is -2.11. The summed E-state index contributed by atoms with van der Waals surface area (Å²) < 4.78 is 13.9. The average molecular weight is 274 g/mol. The van der Waals surface area contributed by atoms with Crippen LogP contribution < -0.4 is 5.73 Å². The highest BCUT2D eigenvalue weighted by Crippen LogP contribution is 2.26. The highest BCUT2D eigenvalue weighted by molar-refractivity contribution is 9.10. The number of halogens is 2. The van der Waals surface area contributed by atoms with Gasteiger partial charge in [0.25, 0.3) is 0 Å². The molecule has 1 nitrogen and oxygen atoms in total. The second kappa shape index (κ2) is 6.23. The van der Waals surface area contributed by atoms with Gasteiger partial charge in [0.1, 0.15) is 5.82 Å². The molecule has 1 rings (SSSR count). The van der Waals surface area contributed by atoms with Crippen molar-refractivity contribution in [2.45, 2.75) is 38.6 Å². The molecule has 1 aromatic carbocycles. The third kappa shape index (κ3) is 3.92. The Labute approximate surface area is 99.0 Å². The van der Waals surface area contributed by atoms with Gasteiger partial charge in [-0.25, -0.2) is 4.39 Å². The van der Waals surface area contributed by atoms with Crippen LogP contribution in [0.1, 0.15) is 44.2 Å². The molecule has 0 aliphatic heterocycles. The molecule has 15 heavy (non-hydrogen) atoms. The van der Waals surface area contributed by atoms with E-state index >= 15 is 0 Å². The summed E-state index contributed by atoms with van der Waals surface area (Å²) in [5.74, 6) is -0.223. The summed E-state index contributed by atoms with van der Waals surface area (Å²) in [4.78, 5) is 0. The minimum absolute atomic E-state index is 0.0679. The minimum Gasteiger partial charge on any atom is -0.324 e. The molecule has 0 aliphatic carbocycles. The van der Waals surface area contributed by atoms with Crippen LogP contribution in [0.3, 0.4) is 0 Å². The lowest BCUT2D eigenvalue weighted by atomic mass is 10.0. The number of nitrogens with two attached hydrogens (primary N) is 1. The van der Waals surface area contributed by atoms with Crippen LogP contribution in [0.4, 0.5) is 4.39 Å². The highest BCUT2D eigenvalue weighted by Gasteiger charge is 2.10. The fourth-order valence-electron chi connectivity index (χ4n) is 1.57. The van der Waals surface area contributed by atoms with Crippen molar-refractivity contribution in [1.82, 2.24) is 0 Å². The maximum absolute atomic E-state index is 13.0. The normalized spacial score (nSPS) is 12.8. The molecule has 0 aromatic heterocycles. The fraction of sp³-hybridized carbons (Fsp3) is 0.500. The third-order valence-corrected chi connectivity index (χ3v) is 3.20. The lowest BCUT2D eigenvalue weighted by Gasteiger charge is -2.13. The van der Waals surface area contributed by atoms with Gasteiger partial charge in [-0.1, -0.05) is 42.1 Å². The Morgan fingerprint density at radius 2 is 2.13 bits per heavy atom. The van der Waals surface area contributed by atoms with Crippen molar-refractivity contribution < 1.29 is 4.39 Å². The molecule has 1 unspecified atom stereocenters. The monoisotopic (exact) mass is 273 g/mol. The molecule has 0 spiro atoms. The first-order valence-electron chi connectivity index (χ1n) is 5.35. The Bertz CT molecular complexity index is 314. The van der Waals surface area contributed by atoms with E-state index in [2.05, 4.69) is 22.9 Å². The van der Waals surface area contributed by atoms with Crippen molar-refractivity contribution >= 4 is 15.9 Å². The van der Waals surface area contributed by atoms with Gasteiger partial charge in [-0.2, -0.15) is 0 Å². The topological polar surface area (TPSA) is 26.0 Å². The zero-order valence-electron chi connectivity index (χ0n) is 8.97. The zero-order valence-corrected chi connectivity index (χ0v) is 10.6. The Morgan fingerprint density at radius 1 is 1.40 bits per heavy atom. The summed E-state index contributed by atoms with van der Waals surface area (Å²) >= 11 is 3.39. The van der Waals surface area contributed by atoms with E-state index in [9.17, 15) is 4.39 Å². The Kier molecular flexibility index (Phi) is 5.26. The smallest absolute Gasteiger partial charge is 0.123 e. The van der Waals surface area contributed by atoms with Crippen LogP contribution in [-0.2, 0) is 0 Å². The molecule has 84 valence electrons. The van der Waals surface area contributed by atoms with Crippen molar-refractivity contribution in [1.29, 1.82) is 0 Å². The van der Waals surface area contributed by atoms with Crippen LogP contribution >= 0.6 is 15.9 Å². The molecule has 1 atom stereocenters. The summed E-state index contributed by atoms with van der Waals surface area (Å²) in [5, 5.41) is 0. The molecule has 0 bridgehead atoms. The Balaban J connectivity index is 2.64. The number of unbranched alkanes of at least 4 members (excludes halogenated alkanes) is 2. The molecule has 0 fully saturated rings. The standard InChI is InChI=1S/C12H17BrFN/c1-2-3-4-5-12(15)10-8-9(14)6-7-11(10)13/h6-8,12H,2-5,15H2,1H3. The second-order valence-corrected chi connectivity index (χ2v) is 4.62. The lowest BCUT2D eigenvalue weighted by molar-refractivity contribution is 0.571. The molecule has 0 amide bonds. The van der Waals surface area contributed by atoms with Crippen molar-refractivity contribution in [3.63, 3.8) is 0 Å². The van der Waals surface area contributed by atoms with Crippen LogP contribution in [0, 0.1) is 5.82 Å². The fourth-order valence-corrected chi connectivity index (χ4v) is 2.11. The van der Waals surface area contributed by atoms with E-state index in [4.69, 9.17) is 5.73 Å². The maximum atomic E-state index is 13.0. The van der Waals surface area contributed by atoms with E-state index in [1.54, 1.807) is 6.07 Å². The van der Waals surface area contributed by atoms with Gasteiger partial charge in [0.15, 0.2) is 0 Å². The average Bonchev–Trinajstić information content (AvgIpc) is 2.22.